The van der Waals surface area contributed by atoms with Gasteiger partial charge in [-0.15, -0.1) is 0 Å². The molecule has 0 spiro atoms. The van der Waals surface area contributed by atoms with Gasteiger partial charge >= 0.3 is 0 Å². The summed E-state index contributed by atoms with van der Waals surface area (Å²) in [4.78, 5) is 127. The molecule has 4 aromatic carbocycles. The van der Waals surface area contributed by atoms with Gasteiger partial charge in [-0.1, -0.05) is 94.6 Å². The molecule has 1 saturated heterocycles. The van der Waals surface area contributed by atoms with Crippen LogP contribution < -0.4 is 58.7 Å². The predicted molar refractivity (Wildman–Crippen MR) is 321 cm³/mol. The zero-order valence-corrected chi connectivity index (χ0v) is 50.0. The average molecular weight is 1250 g/mol. The maximum atomic E-state index is 14.9. The van der Waals surface area contributed by atoms with Gasteiger partial charge in [0.25, 0.3) is 0 Å². The van der Waals surface area contributed by atoms with Crippen LogP contribution in [0, 0.1) is 0 Å². The topological polar surface area (TPSA) is 409 Å². The number of phenolic OH excluding ortho intramolecular Hbond substituents is 2. The molecule has 5 rings (SSSR count). The molecule has 0 radical (unpaired) electrons. The Morgan fingerprint density at radius 1 is 0.647 bits per heavy atom. The van der Waals surface area contributed by atoms with Crippen LogP contribution in [-0.2, 0) is 74.1 Å². The Bertz CT molecular complexity index is 3070. The fraction of sp³-hybridized carbons (Fsp3) is 0.411. The van der Waals surface area contributed by atoms with Gasteiger partial charge in [-0.25, -0.2) is 13.1 Å². The largest absolute Gasteiger partial charge is 0.508 e. The van der Waals surface area contributed by atoms with E-state index in [0.29, 0.717) is 53.1 Å². The van der Waals surface area contributed by atoms with Crippen molar-refractivity contribution in [3.05, 3.63) is 130 Å². The van der Waals surface area contributed by atoms with Crippen molar-refractivity contribution in [3.63, 3.8) is 0 Å². The van der Waals surface area contributed by atoms with E-state index in [0.717, 1.165) is 27.8 Å². The van der Waals surface area contributed by atoms with E-state index in [-0.39, 0.29) is 60.7 Å². The SMILES string of the molecule is CNCCCCC[C@@H]1NC(=O)[C@@H](Cc2ccc(C(N)=O)cc2)NC(=O)[C@H](Cc2ccc(O)cc2)NC(=O)[C@H](NC(=O)[C@H](Cc2ccc(Cl)cc2)NS(C)(=O)=O)CSSC[C@@H](C(=O)N[C@H](Cc2ccc(O)cc2)C(N)=O)NC(=O)[C@H]([C@@H](C)O)NC1=O. The molecule has 16 N–H and O–H groups in total. The minimum Gasteiger partial charge on any atom is -0.508 e. The highest BCUT2D eigenvalue weighted by molar-refractivity contribution is 8.76. The highest BCUT2D eigenvalue weighted by atomic mass is 35.5. The summed E-state index contributed by atoms with van der Waals surface area (Å²) in [5.74, 6) is -9.52. The second-order valence-electron chi connectivity index (χ2n) is 20.3. The third kappa shape index (κ3) is 23.1. The molecule has 1 aliphatic rings. The maximum absolute atomic E-state index is 14.9. The molecule has 4 aromatic rings. The first-order valence-corrected chi connectivity index (χ1v) is 31.7. The molecular weight excluding hydrogens is 1180 g/mol. The number of nitrogens with two attached hydrogens (primary N) is 2. The van der Waals surface area contributed by atoms with E-state index in [1.165, 1.54) is 91.9 Å². The third-order valence-corrected chi connectivity index (χ3v) is 16.7. The first-order valence-electron chi connectivity index (χ1n) is 26.9. The number of unbranched alkanes of at least 4 members (excludes halogenated alkanes) is 2. The number of phenols is 2. The number of sulfonamides is 1. The molecule has 0 bridgehead atoms. The number of aliphatic hydroxyl groups is 1. The van der Waals surface area contributed by atoms with Crippen LogP contribution in [0.15, 0.2) is 97.1 Å². The van der Waals surface area contributed by atoms with E-state index in [9.17, 15) is 66.9 Å². The standard InChI is InChI=1S/C56H72ClN11O14S3/c1-31(69)47-56(80)66-46(54(78)62-41(49(59)73)25-34-12-20-38(70)21-13-34)30-84-83-29-45(65-53(77)44(68-85(3,81)82)28-33-10-18-37(57)19-11-33)55(79)64-43(27-35-14-22-39(71)23-15-35)52(76)63-42(26-32-8-16-36(17-9-32)48(58)72)51(75)61-40(50(74)67-47)7-5-4-6-24-60-2/h8-23,31,40-47,60,68-71H,4-7,24-30H2,1-3H3,(H2,58,72)(H2,59,73)(H,61,75)(H,62,78)(H,63,76)(H,64,79)(H,65,77)(H,66,80)(H,67,74)/t31-,40+,41-,42-,43+,44+,45-,46+,47+/m1/s1. The number of carbonyl (C=O) groups excluding carboxylic acids is 9. The molecule has 1 aliphatic heterocycles. The van der Waals surface area contributed by atoms with Crippen molar-refractivity contribution in [1.29, 1.82) is 0 Å². The summed E-state index contributed by atoms with van der Waals surface area (Å²) in [6, 6.07) is 10.8. The fourth-order valence-electron chi connectivity index (χ4n) is 8.70. The van der Waals surface area contributed by atoms with Crippen LogP contribution in [0.5, 0.6) is 11.5 Å². The number of hydrogen-bond donors (Lipinski definition) is 14. The van der Waals surface area contributed by atoms with Gasteiger partial charge in [-0.05, 0) is 111 Å². The van der Waals surface area contributed by atoms with E-state index in [2.05, 4.69) is 47.3 Å². The van der Waals surface area contributed by atoms with Crippen LogP contribution in [0.2, 0.25) is 5.02 Å². The van der Waals surface area contributed by atoms with E-state index >= 15 is 0 Å². The summed E-state index contributed by atoms with van der Waals surface area (Å²) in [6.45, 7) is 1.82. The second-order valence-corrected chi connectivity index (χ2v) is 25.1. The zero-order chi connectivity index (χ0) is 62.4. The number of hydrogen-bond acceptors (Lipinski definition) is 17. The monoisotopic (exact) mass is 1250 g/mol. The first-order chi connectivity index (χ1) is 40.3. The molecule has 1 fully saturated rings. The Morgan fingerprint density at radius 2 is 1.14 bits per heavy atom. The van der Waals surface area contributed by atoms with Crippen LogP contribution in [-0.4, -0.2) is 163 Å². The van der Waals surface area contributed by atoms with Gasteiger partial charge in [0.2, 0.25) is 63.2 Å². The Labute approximate surface area is 504 Å². The van der Waals surface area contributed by atoms with Gasteiger partial charge in [-0.3, -0.25) is 43.2 Å². The Kier molecular flexibility index (Phi) is 26.7. The fourth-order valence-corrected chi connectivity index (χ4v) is 11.9. The summed E-state index contributed by atoms with van der Waals surface area (Å²) in [5, 5.41) is 52.8. The molecule has 9 atom stereocenters. The predicted octanol–water partition coefficient (Wildman–Crippen LogP) is -0.527. The lowest BCUT2D eigenvalue weighted by atomic mass is 10.00. The molecule has 0 aromatic heterocycles. The lowest BCUT2D eigenvalue weighted by molar-refractivity contribution is -0.136. The van der Waals surface area contributed by atoms with Crippen molar-refractivity contribution in [2.75, 3.05) is 31.4 Å². The van der Waals surface area contributed by atoms with Crippen LogP contribution in [0.3, 0.4) is 0 Å². The Hall–Kier alpha value is -7.47. The molecule has 25 nitrogen and oxygen atoms in total. The molecule has 0 saturated carbocycles. The number of rotatable bonds is 23. The van der Waals surface area contributed by atoms with Gasteiger partial charge in [-0.2, -0.15) is 0 Å². The zero-order valence-electron chi connectivity index (χ0n) is 46.8. The van der Waals surface area contributed by atoms with Crippen molar-refractivity contribution in [3.8, 4) is 11.5 Å². The van der Waals surface area contributed by atoms with Crippen molar-refractivity contribution in [1.82, 2.24) is 47.3 Å². The molecule has 1 heterocycles. The summed E-state index contributed by atoms with van der Waals surface area (Å²) in [5.41, 5.74) is 13.1. The number of aromatic hydroxyl groups is 2. The molecule has 0 aliphatic carbocycles. The summed E-state index contributed by atoms with van der Waals surface area (Å²) < 4.78 is 27.8. The smallest absolute Gasteiger partial charge is 0.248 e. The summed E-state index contributed by atoms with van der Waals surface area (Å²) in [6.07, 6.45) is -0.200. The van der Waals surface area contributed by atoms with Gasteiger partial charge < -0.3 is 69.3 Å². The highest BCUT2D eigenvalue weighted by Crippen LogP contribution is 2.25. The van der Waals surface area contributed by atoms with E-state index < -0.39 is 118 Å². The normalized spacial score (nSPS) is 20.6. The maximum Gasteiger partial charge on any atom is 0.248 e. The minimum absolute atomic E-state index is 0.0231. The van der Waals surface area contributed by atoms with Crippen molar-refractivity contribution in [2.24, 2.45) is 11.5 Å². The first kappa shape index (κ1) is 68.3. The number of halogens is 1. The number of amides is 9. The Morgan fingerprint density at radius 3 is 1.67 bits per heavy atom. The van der Waals surface area contributed by atoms with Gasteiger partial charge in [0, 0.05) is 41.4 Å². The Balaban J connectivity index is 1.62. The van der Waals surface area contributed by atoms with Gasteiger partial charge in [0.15, 0.2) is 0 Å². The lowest BCUT2D eigenvalue weighted by Gasteiger charge is -2.29. The molecule has 85 heavy (non-hydrogen) atoms. The highest BCUT2D eigenvalue weighted by Gasteiger charge is 2.37. The van der Waals surface area contributed by atoms with E-state index in [1.807, 2.05) is 0 Å². The summed E-state index contributed by atoms with van der Waals surface area (Å²) >= 11 is 6.10. The molecular formula is C56H72ClN11O14S3. The van der Waals surface area contributed by atoms with Crippen LogP contribution in [0.4, 0.5) is 0 Å². The number of primary amides is 2. The minimum atomic E-state index is -4.10. The second kappa shape index (κ2) is 33.3. The third-order valence-electron chi connectivity index (χ3n) is 13.3. The quantitative estimate of drug-likeness (QED) is 0.0328. The van der Waals surface area contributed by atoms with Crippen molar-refractivity contribution < 1.29 is 66.9 Å². The molecule has 9 amide bonds. The lowest BCUT2D eigenvalue weighted by Crippen LogP contribution is -2.62. The molecule has 0 unspecified atom stereocenters. The van der Waals surface area contributed by atoms with Crippen LogP contribution >= 0.6 is 33.2 Å². The van der Waals surface area contributed by atoms with E-state index in [4.69, 9.17) is 23.1 Å². The average Bonchev–Trinajstić information content (AvgIpc) is 3.66. The van der Waals surface area contributed by atoms with Crippen molar-refractivity contribution in [2.45, 2.75) is 113 Å². The van der Waals surface area contributed by atoms with Crippen LogP contribution in [0.1, 0.15) is 65.2 Å². The number of aliphatic hydroxyl groups excluding tert-OH is 1. The van der Waals surface area contributed by atoms with Crippen LogP contribution in [0.25, 0.3) is 0 Å². The molecule has 29 heteroatoms. The number of carbonyl (C=O) groups is 9. The summed E-state index contributed by atoms with van der Waals surface area (Å²) in [7, 11) is -0.576. The molecule has 460 valence electrons. The van der Waals surface area contributed by atoms with Crippen molar-refractivity contribution >= 4 is 96.4 Å². The van der Waals surface area contributed by atoms with Gasteiger partial charge in [0.1, 0.15) is 59.8 Å². The van der Waals surface area contributed by atoms with Gasteiger partial charge in [0.05, 0.1) is 12.4 Å². The van der Waals surface area contributed by atoms with E-state index in [1.54, 1.807) is 19.2 Å². The number of nitrogens with one attached hydrogen (secondary N) is 9. The number of benzene rings is 4.